The van der Waals surface area contributed by atoms with E-state index in [0.29, 0.717) is 17.5 Å². The van der Waals surface area contributed by atoms with Crippen LogP contribution in [0.5, 0.6) is 0 Å². The Bertz CT molecular complexity index is 1380. The van der Waals surface area contributed by atoms with Crippen LogP contribution in [0.3, 0.4) is 0 Å². The van der Waals surface area contributed by atoms with E-state index in [1.165, 1.54) is 26.6 Å². The predicted octanol–water partition coefficient (Wildman–Crippen LogP) is 2.73. The first kappa shape index (κ1) is 30.7. The van der Waals surface area contributed by atoms with Crippen molar-refractivity contribution in [1.29, 1.82) is 0 Å². The molecule has 13 heteroatoms. The quantitative estimate of drug-likeness (QED) is 0.542. The molecule has 1 N–H and O–H groups in total. The van der Waals surface area contributed by atoms with Crippen LogP contribution < -0.4 is 11.0 Å². The molecule has 42 heavy (non-hydrogen) atoms. The number of nitrogens with one attached hydrogen (secondary N) is 1. The molecule has 3 heterocycles. The molecule has 0 saturated carbocycles. The first-order chi connectivity index (χ1) is 19.7. The number of aromatic nitrogens is 2. The van der Waals surface area contributed by atoms with Crippen molar-refractivity contribution < 1.29 is 28.7 Å². The van der Waals surface area contributed by atoms with Crippen molar-refractivity contribution in [2.75, 3.05) is 38.1 Å². The van der Waals surface area contributed by atoms with Crippen LogP contribution in [0.25, 0.3) is 5.69 Å². The molecule has 0 bridgehead atoms. The summed E-state index contributed by atoms with van der Waals surface area (Å²) in [6.07, 6.45) is 0.960. The Morgan fingerprint density at radius 2 is 1.60 bits per heavy atom. The van der Waals surface area contributed by atoms with Crippen molar-refractivity contribution >= 4 is 30.1 Å². The van der Waals surface area contributed by atoms with Gasteiger partial charge in [-0.2, -0.15) is 4.98 Å². The summed E-state index contributed by atoms with van der Waals surface area (Å²) in [6.45, 7) is 12.2. The minimum absolute atomic E-state index is 0.0547. The molecule has 2 fully saturated rings. The van der Waals surface area contributed by atoms with Gasteiger partial charge in [0.15, 0.2) is 0 Å². The largest absolute Gasteiger partial charge is 0.444 e. The van der Waals surface area contributed by atoms with Crippen LogP contribution in [-0.4, -0.2) is 99.2 Å². The lowest BCUT2D eigenvalue weighted by molar-refractivity contribution is -0.138. The van der Waals surface area contributed by atoms with Gasteiger partial charge in [0.2, 0.25) is 5.91 Å². The van der Waals surface area contributed by atoms with Crippen molar-refractivity contribution in [3.63, 3.8) is 0 Å². The maximum atomic E-state index is 13.6. The molecule has 1 aromatic carbocycles. The monoisotopic (exact) mass is 582 g/mol. The van der Waals surface area contributed by atoms with Crippen LogP contribution in [0, 0.1) is 5.41 Å². The number of piperazine rings is 1. The zero-order chi connectivity index (χ0) is 30.8. The maximum Gasteiger partial charge on any atom is 0.413 e. The van der Waals surface area contributed by atoms with E-state index in [-0.39, 0.29) is 44.5 Å². The highest BCUT2D eigenvalue weighted by Gasteiger charge is 2.49. The molecule has 4 rings (SSSR count). The van der Waals surface area contributed by atoms with Crippen LogP contribution in [0.15, 0.2) is 41.3 Å². The number of anilines is 1. The molecule has 2 unspecified atom stereocenters. The van der Waals surface area contributed by atoms with E-state index in [4.69, 9.17) is 9.47 Å². The molecule has 0 aliphatic carbocycles. The zero-order valence-corrected chi connectivity index (χ0v) is 24.8. The summed E-state index contributed by atoms with van der Waals surface area (Å²) in [6, 6.07) is 6.64. The molecule has 1 aromatic heterocycles. The van der Waals surface area contributed by atoms with Crippen molar-refractivity contribution in [3.8, 4) is 5.69 Å². The number of urea groups is 1. The van der Waals surface area contributed by atoms with Gasteiger partial charge < -0.3 is 19.3 Å². The van der Waals surface area contributed by atoms with Gasteiger partial charge in [0.1, 0.15) is 30.0 Å². The molecule has 0 radical (unpaired) electrons. The van der Waals surface area contributed by atoms with Crippen molar-refractivity contribution in [2.45, 2.75) is 59.4 Å². The van der Waals surface area contributed by atoms with Gasteiger partial charge in [0.05, 0.1) is 12.3 Å². The number of amides is 4. The highest BCUT2D eigenvalue weighted by atomic mass is 16.6. The second-order valence-electron chi connectivity index (χ2n) is 12.4. The van der Waals surface area contributed by atoms with Gasteiger partial charge in [-0.05, 0) is 51.1 Å². The fraction of sp³-hybridized carbons (Fsp3) is 0.517. The minimum Gasteiger partial charge on any atom is -0.444 e. The van der Waals surface area contributed by atoms with Crippen molar-refractivity contribution in [2.24, 2.45) is 5.41 Å². The standard InChI is InChI=1S/C29H38N6O7/c1-28(2,3)24-35(27(40)42-29(4,5)6)21(18-41-24)23(37)32-13-15-33(16-14-32)25(38)30-22-11-12-34(26(39)31-22)20-9-7-19(17-36)8-10-20/h7-12,17,21,24H,13-16,18H2,1-6H3,(H,30,31,38,39). The van der Waals surface area contributed by atoms with E-state index >= 15 is 0 Å². The lowest BCUT2D eigenvalue weighted by Gasteiger charge is -2.39. The molecule has 13 nitrogen and oxygen atoms in total. The van der Waals surface area contributed by atoms with Gasteiger partial charge in [0.25, 0.3) is 0 Å². The Hall–Kier alpha value is -4.26. The third kappa shape index (κ3) is 6.96. The van der Waals surface area contributed by atoms with Crippen LogP contribution in [-0.2, 0) is 14.3 Å². The summed E-state index contributed by atoms with van der Waals surface area (Å²) in [7, 11) is 0. The second kappa shape index (κ2) is 11.9. The summed E-state index contributed by atoms with van der Waals surface area (Å²) < 4.78 is 12.8. The lowest BCUT2D eigenvalue weighted by atomic mass is 9.93. The molecule has 2 atom stereocenters. The van der Waals surface area contributed by atoms with Gasteiger partial charge in [-0.1, -0.05) is 20.8 Å². The average molecular weight is 583 g/mol. The van der Waals surface area contributed by atoms with E-state index in [9.17, 15) is 24.0 Å². The maximum absolute atomic E-state index is 13.6. The molecule has 226 valence electrons. The second-order valence-corrected chi connectivity index (χ2v) is 12.4. The highest BCUT2D eigenvalue weighted by molar-refractivity contribution is 5.89. The first-order valence-corrected chi connectivity index (χ1v) is 13.8. The third-order valence-electron chi connectivity index (χ3n) is 6.86. The van der Waals surface area contributed by atoms with Crippen LogP contribution in [0.1, 0.15) is 51.9 Å². The fourth-order valence-corrected chi connectivity index (χ4v) is 4.81. The van der Waals surface area contributed by atoms with E-state index in [0.717, 1.165) is 0 Å². The normalized spacial score (nSPS) is 19.4. The van der Waals surface area contributed by atoms with Crippen molar-refractivity contribution in [3.05, 3.63) is 52.6 Å². The molecular weight excluding hydrogens is 544 g/mol. The van der Waals surface area contributed by atoms with E-state index in [1.807, 2.05) is 20.8 Å². The number of ether oxygens (including phenoxy) is 2. The first-order valence-electron chi connectivity index (χ1n) is 13.8. The fourth-order valence-electron chi connectivity index (χ4n) is 4.81. The number of carbonyl (C=O) groups is 4. The van der Waals surface area contributed by atoms with Crippen molar-refractivity contribution in [1.82, 2.24) is 24.3 Å². The number of benzene rings is 1. The topological polar surface area (TPSA) is 143 Å². The Labute approximate surface area is 244 Å². The Balaban J connectivity index is 1.37. The van der Waals surface area contributed by atoms with Crippen LogP contribution in [0.4, 0.5) is 15.4 Å². The molecule has 2 aromatic rings. The van der Waals surface area contributed by atoms with E-state index in [2.05, 4.69) is 10.3 Å². The summed E-state index contributed by atoms with van der Waals surface area (Å²) >= 11 is 0. The molecule has 4 amide bonds. The molecule has 2 aliphatic rings. The van der Waals surface area contributed by atoms with Gasteiger partial charge in [-0.3, -0.25) is 24.4 Å². The van der Waals surface area contributed by atoms with Crippen LogP contribution in [0.2, 0.25) is 0 Å². The molecule has 2 aliphatic heterocycles. The highest BCUT2D eigenvalue weighted by Crippen LogP contribution is 2.34. The average Bonchev–Trinajstić information content (AvgIpc) is 3.38. The van der Waals surface area contributed by atoms with Gasteiger partial charge in [0, 0.05) is 43.4 Å². The van der Waals surface area contributed by atoms with Gasteiger partial charge in [-0.25, -0.2) is 14.4 Å². The number of rotatable bonds is 4. The zero-order valence-electron chi connectivity index (χ0n) is 24.8. The molecular formula is C29H38N6O7. The van der Waals surface area contributed by atoms with Crippen LogP contribution >= 0.6 is 0 Å². The summed E-state index contributed by atoms with van der Waals surface area (Å²) in [5.41, 5.74) is -0.764. The number of carbonyl (C=O) groups excluding carboxylic acids is 4. The Morgan fingerprint density at radius 1 is 0.976 bits per heavy atom. The number of hydrogen-bond donors (Lipinski definition) is 1. The molecule has 2 saturated heterocycles. The summed E-state index contributed by atoms with van der Waals surface area (Å²) in [5.74, 6) is -0.173. The van der Waals surface area contributed by atoms with E-state index in [1.54, 1.807) is 49.9 Å². The molecule has 0 spiro atoms. The summed E-state index contributed by atoms with van der Waals surface area (Å²) in [5, 5.41) is 2.64. The number of nitrogens with zero attached hydrogens (tertiary/aromatic N) is 5. The predicted molar refractivity (Wildman–Crippen MR) is 153 cm³/mol. The van der Waals surface area contributed by atoms with Gasteiger partial charge in [-0.15, -0.1) is 0 Å². The Kier molecular flexibility index (Phi) is 8.71. The summed E-state index contributed by atoms with van der Waals surface area (Å²) in [4.78, 5) is 71.5. The minimum atomic E-state index is -0.838. The number of hydrogen-bond acceptors (Lipinski definition) is 8. The third-order valence-corrected chi connectivity index (χ3v) is 6.86. The van der Waals surface area contributed by atoms with E-state index < -0.39 is 41.1 Å². The van der Waals surface area contributed by atoms with Gasteiger partial charge >= 0.3 is 17.8 Å². The number of aldehydes is 1. The lowest BCUT2D eigenvalue weighted by Crippen LogP contribution is -2.58. The Morgan fingerprint density at radius 3 is 2.14 bits per heavy atom. The smallest absolute Gasteiger partial charge is 0.413 e. The SMILES string of the molecule is CC(C)(C)OC(=O)N1C(C(=O)N2CCN(C(=O)Nc3ccn(-c4ccc(C=O)cc4)c(=O)n3)CC2)COC1C(C)(C)C.